The highest BCUT2D eigenvalue weighted by Gasteiger charge is 2.22. The van der Waals surface area contributed by atoms with Crippen molar-refractivity contribution in [1.29, 1.82) is 0 Å². The number of allylic oxidation sites excluding steroid dienone is 1. The summed E-state index contributed by atoms with van der Waals surface area (Å²) in [6.07, 6.45) is 4.26. The first kappa shape index (κ1) is 13.8. The van der Waals surface area contributed by atoms with Crippen molar-refractivity contribution < 1.29 is 9.90 Å². The molecule has 0 amide bonds. The molecule has 3 nitrogen and oxygen atoms in total. The van der Waals surface area contributed by atoms with Gasteiger partial charge in [0.25, 0.3) is 0 Å². The summed E-state index contributed by atoms with van der Waals surface area (Å²) < 4.78 is 0. The number of carbonyl (C=O) groups is 1. The third-order valence-corrected chi connectivity index (χ3v) is 3.63. The molecule has 19 heavy (non-hydrogen) atoms. The maximum atomic E-state index is 12.0. The van der Waals surface area contributed by atoms with Gasteiger partial charge in [-0.2, -0.15) is 0 Å². The summed E-state index contributed by atoms with van der Waals surface area (Å²) in [5.41, 5.74) is 2.64. The van der Waals surface area contributed by atoms with E-state index in [9.17, 15) is 9.90 Å². The van der Waals surface area contributed by atoms with Crippen LogP contribution in [0.5, 0.6) is 0 Å². The van der Waals surface area contributed by atoms with E-state index in [2.05, 4.69) is 5.32 Å². The van der Waals surface area contributed by atoms with E-state index in [0.29, 0.717) is 0 Å². The fraction of sp³-hybridized carbons (Fsp3) is 0.438. The molecule has 1 aliphatic rings. The lowest BCUT2D eigenvalue weighted by atomic mass is 9.86. The van der Waals surface area contributed by atoms with Crippen LogP contribution in [0.1, 0.15) is 44.8 Å². The number of carbonyl (C=O) groups excluding carboxylic acids is 1. The Hall–Kier alpha value is -1.61. The standard InChI is InChI=1S/C16H21NO2/c1-11-5-3-7-14(16(11)19)10-17-15-8-4-6-13(9-15)12(2)18/h4,6,8-12,17-18H,3,5,7H2,1-2H3. The van der Waals surface area contributed by atoms with Crippen LogP contribution >= 0.6 is 0 Å². The Morgan fingerprint density at radius 2 is 2.26 bits per heavy atom. The molecule has 2 N–H and O–H groups in total. The molecule has 1 aliphatic carbocycles. The Morgan fingerprint density at radius 3 is 3.00 bits per heavy atom. The molecule has 2 rings (SSSR count). The lowest BCUT2D eigenvalue weighted by molar-refractivity contribution is -0.119. The molecular formula is C16H21NO2. The van der Waals surface area contributed by atoms with Crippen molar-refractivity contribution in [2.45, 2.75) is 39.2 Å². The minimum absolute atomic E-state index is 0.144. The number of anilines is 1. The topological polar surface area (TPSA) is 49.3 Å². The van der Waals surface area contributed by atoms with Gasteiger partial charge in [0.05, 0.1) is 6.10 Å². The van der Waals surface area contributed by atoms with Crippen LogP contribution in [-0.2, 0) is 4.79 Å². The van der Waals surface area contributed by atoms with E-state index in [1.54, 1.807) is 6.92 Å². The lowest BCUT2D eigenvalue weighted by Crippen LogP contribution is -2.19. The number of hydrogen-bond donors (Lipinski definition) is 2. The number of hydrogen-bond acceptors (Lipinski definition) is 3. The molecule has 0 saturated heterocycles. The minimum Gasteiger partial charge on any atom is -0.389 e. The second kappa shape index (κ2) is 6.02. The smallest absolute Gasteiger partial charge is 0.163 e. The highest BCUT2D eigenvalue weighted by atomic mass is 16.3. The monoisotopic (exact) mass is 259 g/mol. The van der Waals surface area contributed by atoms with Crippen molar-refractivity contribution >= 4 is 11.5 Å². The summed E-state index contributed by atoms with van der Waals surface area (Å²) in [6.45, 7) is 3.73. The van der Waals surface area contributed by atoms with Gasteiger partial charge in [-0.25, -0.2) is 0 Å². The highest BCUT2D eigenvalue weighted by Crippen LogP contribution is 2.25. The summed E-state index contributed by atoms with van der Waals surface area (Å²) >= 11 is 0. The lowest BCUT2D eigenvalue weighted by Gasteiger charge is -2.19. The zero-order valence-corrected chi connectivity index (χ0v) is 11.5. The number of ketones is 1. The van der Waals surface area contributed by atoms with Crippen molar-refractivity contribution in [3.63, 3.8) is 0 Å². The van der Waals surface area contributed by atoms with E-state index in [-0.39, 0.29) is 11.7 Å². The molecule has 2 atom stereocenters. The van der Waals surface area contributed by atoms with Crippen LogP contribution in [0.4, 0.5) is 5.69 Å². The van der Waals surface area contributed by atoms with Gasteiger partial charge < -0.3 is 10.4 Å². The third kappa shape index (κ3) is 3.44. The Balaban J connectivity index is 2.09. The zero-order chi connectivity index (χ0) is 13.8. The van der Waals surface area contributed by atoms with E-state index >= 15 is 0 Å². The summed E-state index contributed by atoms with van der Waals surface area (Å²) in [5, 5.41) is 12.7. The SMILES string of the molecule is CC1CCCC(=CNc2cccc(C(C)O)c2)C1=O. The largest absolute Gasteiger partial charge is 0.389 e. The Bertz CT molecular complexity index is 491. The van der Waals surface area contributed by atoms with Crippen LogP contribution in [0.25, 0.3) is 0 Å². The van der Waals surface area contributed by atoms with Gasteiger partial charge in [-0.3, -0.25) is 4.79 Å². The Labute approximate surface area is 114 Å². The van der Waals surface area contributed by atoms with Crippen molar-refractivity contribution in [1.82, 2.24) is 0 Å². The van der Waals surface area contributed by atoms with Gasteiger partial charge in [0, 0.05) is 23.4 Å². The van der Waals surface area contributed by atoms with E-state index in [1.807, 2.05) is 37.4 Å². The molecule has 0 radical (unpaired) electrons. The number of rotatable bonds is 3. The molecule has 1 saturated carbocycles. The molecule has 2 unspecified atom stereocenters. The third-order valence-electron chi connectivity index (χ3n) is 3.63. The van der Waals surface area contributed by atoms with E-state index in [0.717, 1.165) is 36.1 Å². The average Bonchev–Trinajstić information content (AvgIpc) is 2.41. The number of nitrogens with one attached hydrogen (secondary N) is 1. The van der Waals surface area contributed by atoms with Crippen LogP contribution in [0, 0.1) is 5.92 Å². The first-order valence-corrected chi connectivity index (χ1v) is 6.85. The van der Waals surface area contributed by atoms with Gasteiger partial charge in [-0.15, -0.1) is 0 Å². The fourth-order valence-corrected chi connectivity index (χ4v) is 2.37. The van der Waals surface area contributed by atoms with Crippen molar-refractivity contribution in [3.05, 3.63) is 41.6 Å². The number of Topliss-reactive ketones (excluding diaryl/α,β-unsaturated/α-hetero) is 1. The van der Waals surface area contributed by atoms with Crippen molar-refractivity contribution in [2.24, 2.45) is 5.92 Å². The quantitative estimate of drug-likeness (QED) is 0.818. The van der Waals surface area contributed by atoms with Gasteiger partial charge in [0.15, 0.2) is 5.78 Å². The fourth-order valence-electron chi connectivity index (χ4n) is 2.37. The van der Waals surface area contributed by atoms with E-state index < -0.39 is 6.10 Å². The molecule has 1 aromatic rings. The predicted molar refractivity (Wildman–Crippen MR) is 76.8 cm³/mol. The van der Waals surface area contributed by atoms with Gasteiger partial charge >= 0.3 is 0 Å². The highest BCUT2D eigenvalue weighted by molar-refractivity contribution is 5.97. The van der Waals surface area contributed by atoms with Gasteiger partial charge in [0.1, 0.15) is 0 Å². The Kier molecular flexibility index (Phi) is 4.38. The number of benzene rings is 1. The first-order valence-electron chi connectivity index (χ1n) is 6.85. The van der Waals surface area contributed by atoms with Crippen LogP contribution < -0.4 is 5.32 Å². The maximum absolute atomic E-state index is 12.0. The minimum atomic E-state index is -0.481. The van der Waals surface area contributed by atoms with Crippen LogP contribution in [0.15, 0.2) is 36.0 Å². The molecule has 1 fully saturated rings. The first-order chi connectivity index (χ1) is 9.08. The molecule has 3 heteroatoms. The number of aliphatic hydroxyl groups is 1. The summed E-state index contributed by atoms with van der Waals surface area (Å²) in [7, 11) is 0. The van der Waals surface area contributed by atoms with Gasteiger partial charge in [-0.05, 0) is 43.9 Å². The van der Waals surface area contributed by atoms with Crippen LogP contribution in [0.2, 0.25) is 0 Å². The summed E-state index contributed by atoms with van der Waals surface area (Å²) in [5.74, 6) is 0.399. The average molecular weight is 259 g/mol. The second-order valence-electron chi connectivity index (χ2n) is 5.27. The molecule has 0 bridgehead atoms. The van der Waals surface area contributed by atoms with Crippen molar-refractivity contribution in [2.75, 3.05) is 5.32 Å². The van der Waals surface area contributed by atoms with Crippen LogP contribution in [0.3, 0.4) is 0 Å². The summed E-state index contributed by atoms with van der Waals surface area (Å²) in [4.78, 5) is 12.0. The van der Waals surface area contributed by atoms with E-state index in [4.69, 9.17) is 0 Å². The van der Waals surface area contributed by atoms with Crippen molar-refractivity contribution in [3.8, 4) is 0 Å². The molecule has 0 aromatic heterocycles. The van der Waals surface area contributed by atoms with Crippen LogP contribution in [-0.4, -0.2) is 10.9 Å². The maximum Gasteiger partial charge on any atom is 0.163 e. The molecule has 0 aliphatic heterocycles. The summed E-state index contributed by atoms with van der Waals surface area (Å²) in [6, 6.07) is 7.61. The van der Waals surface area contributed by atoms with Gasteiger partial charge in [-0.1, -0.05) is 19.1 Å². The molecule has 0 spiro atoms. The molecule has 0 heterocycles. The normalized spacial score (nSPS) is 23.4. The second-order valence-corrected chi connectivity index (χ2v) is 5.27. The molecule has 102 valence electrons. The van der Waals surface area contributed by atoms with Gasteiger partial charge in [0.2, 0.25) is 0 Å². The van der Waals surface area contributed by atoms with E-state index in [1.165, 1.54) is 0 Å². The zero-order valence-electron chi connectivity index (χ0n) is 11.5. The number of aliphatic hydroxyl groups excluding tert-OH is 1. The molecular weight excluding hydrogens is 238 g/mol. The Morgan fingerprint density at radius 1 is 1.47 bits per heavy atom. The predicted octanol–water partition coefficient (Wildman–Crippen LogP) is 3.42. The molecule has 1 aromatic carbocycles.